The Hall–Kier alpha value is -2.62. The van der Waals surface area contributed by atoms with Crippen LogP contribution in [-0.4, -0.2) is 24.9 Å². The summed E-state index contributed by atoms with van der Waals surface area (Å²) < 4.78 is 5.32. The normalized spacial score (nSPS) is 10.9. The predicted molar refractivity (Wildman–Crippen MR) is 78.0 cm³/mol. The van der Waals surface area contributed by atoms with Gasteiger partial charge in [0.1, 0.15) is 5.58 Å². The lowest BCUT2D eigenvalue weighted by atomic mass is 10.1. The molecule has 1 aromatic heterocycles. The fourth-order valence-electron chi connectivity index (χ4n) is 2.27. The third kappa shape index (κ3) is 1.86. The lowest BCUT2D eigenvalue weighted by Crippen LogP contribution is -2.21. The molecule has 0 bridgehead atoms. The molecule has 0 N–H and O–H groups in total. The van der Waals surface area contributed by atoms with Gasteiger partial charge in [-0.05, 0) is 29.7 Å². The van der Waals surface area contributed by atoms with Crippen molar-refractivity contribution < 1.29 is 9.21 Å². The highest BCUT2D eigenvalue weighted by atomic mass is 16.4. The van der Waals surface area contributed by atoms with Crippen molar-refractivity contribution >= 4 is 27.6 Å². The van der Waals surface area contributed by atoms with Gasteiger partial charge >= 0.3 is 5.63 Å². The Labute approximate surface area is 115 Å². The van der Waals surface area contributed by atoms with Crippen molar-refractivity contribution in [3.8, 4) is 0 Å². The molecule has 0 spiro atoms. The van der Waals surface area contributed by atoms with Gasteiger partial charge in [-0.2, -0.15) is 0 Å². The summed E-state index contributed by atoms with van der Waals surface area (Å²) in [5.41, 5.74) is 0.546. The van der Waals surface area contributed by atoms with Gasteiger partial charge in [-0.25, -0.2) is 4.79 Å². The highest BCUT2D eigenvalue weighted by Gasteiger charge is 2.12. The van der Waals surface area contributed by atoms with Crippen LogP contribution < -0.4 is 5.63 Å². The number of rotatable bonds is 1. The predicted octanol–water partition coefficient (Wildman–Crippen LogP) is 2.65. The van der Waals surface area contributed by atoms with Gasteiger partial charge in [0.25, 0.3) is 5.91 Å². The number of amides is 1. The number of hydrogen-bond donors (Lipinski definition) is 0. The van der Waals surface area contributed by atoms with Crippen molar-refractivity contribution in [2.24, 2.45) is 0 Å². The molecule has 2 aromatic carbocycles. The Bertz CT molecular complexity index is 878. The van der Waals surface area contributed by atoms with Gasteiger partial charge in [-0.15, -0.1) is 0 Å². The Morgan fingerprint density at radius 1 is 1.00 bits per heavy atom. The molecule has 4 nitrogen and oxygen atoms in total. The van der Waals surface area contributed by atoms with Crippen molar-refractivity contribution in [1.29, 1.82) is 0 Å². The van der Waals surface area contributed by atoms with Gasteiger partial charge in [-0.1, -0.05) is 18.2 Å². The van der Waals surface area contributed by atoms with Gasteiger partial charge in [0.2, 0.25) is 0 Å². The molecule has 0 aliphatic heterocycles. The van der Waals surface area contributed by atoms with E-state index in [-0.39, 0.29) is 11.5 Å². The summed E-state index contributed by atoms with van der Waals surface area (Å²) in [7, 11) is 3.37. The minimum atomic E-state index is -0.387. The summed E-state index contributed by atoms with van der Waals surface area (Å²) in [6.07, 6.45) is 0. The molecule has 0 fully saturated rings. The Morgan fingerprint density at radius 2 is 1.70 bits per heavy atom. The maximum atomic E-state index is 11.9. The maximum absolute atomic E-state index is 11.9. The topological polar surface area (TPSA) is 50.5 Å². The van der Waals surface area contributed by atoms with Crippen LogP contribution in [0.25, 0.3) is 21.7 Å². The van der Waals surface area contributed by atoms with Crippen molar-refractivity contribution in [2.75, 3.05) is 14.1 Å². The molecule has 0 aliphatic rings. The summed E-state index contributed by atoms with van der Waals surface area (Å²) >= 11 is 0. The molecule has 1 heterocycles. The molecule has 0 radical (unpaired) electrons. The van der Waals surface area contributed by atoms with Crippen molar-refractivity contribution in [1.82, 2.24) is 4.90 Å². The van der Waals surface area contributed by atoms with E-state index in [9.17, 15) is 9.59 Å². The Balaban J connectivity index is 2.34. The molecular weight excluding hydrogens is 254 g/mol. The van der Waals surface area contributed by atoms with Crippen molar-refractivity contribution in [2.45, 2.75) is 0 Å². The molecule has 100 valence electrons. The van der Waals surface area contributed by atoms with E-state index in [4.69, 9.17) is 4.42 Å². The third-order valence-electron chi connectivity index (χ3n) is 3.27. The largest absolute Gasteiger partial charge is 0.422 e. The highest BCUT2D eigenvalue weighted by molar-refractivity contribution is 6.06. The SMILES string of the molecule is CN(C)C(=O)c1ccc2c(c1)oc(=O)c1ccccc12. The van der Waals surface area contributed by atoms with Crippen LogP contribution in [0.2, 0.25) is 0 Å². The second-order valence-electron chi connectivity index (χ2n) is 4.85. The fourth-order valence-corrected chi connectivity index (χ4v) is 2.27. The molecule has 0 saturated heterocycles. The lowest BCUT2D eigenvalue weighted by Gasteiger charge is -2.10. The van der Waals surface area contributed by atoms with Crippen molar-refractivity contribution in [3.63, 3.8) is 0 Å². The number of benzene rings is 2. The molecule has 0 saturated carbocycles. The molecular formula is C16H13NO3. The molecule has 0 aliphatic carbocycles. The zero-order valence-corrected chi connectivity index (χ0v) is 11.2. The molecule has 3 rings (SSSR count). The summed E-state index contributed by atoms with van der Waals surface area (Å²) in [6, 6.07) is 12.5. The second kappa shape index (κ2) is 4.49. The van der Waals surface area contributed by atoms with E-state index in [1.165, 1.54) is 4.90 Å². The molecule has 4 heteroatoms. The van der Waals surface area contributed by atoms with E-state index in [1.807, 2.05) is 18.2 Å². The van der Waals surface area contributed by atoms with E-state index in [0.29, 0.717) is 16.5 Å². The first-order valence-electron chi connectivity index (χ1n) is 6.25. The first-order chi connectivity index (χ1) is 9.58. The highest BCUT2D eigenvalue weighted by Crippen LogP contribution is 2.23. The Kier molecular flexibility index (Phi) is 2.79. The molecule has 0 atom stereocenters. The van der Waals surface area contributed by atoms with Crippen LogP contribution in [0.5, 0.6) is 0 Å². The van der Waals surface area contributed by atoms with Crippen LogP contribution >= 0.6 is 0 Å². The number of hydrogen-bond acceptors (Lipinski definition) is 3. The van der Waals surface area contributed by atoms with Crippen LogP contribution in [0.4, 0.5) is 0 Å². The summed E-state index contributed by atoms with van der Waals surface area (Å²) in [5, 5.41) is 2.21. The monoisotopic (exact) mass is 267 g/mol. The van der Waals surface area contributed by atoms with Gasteiger partial charge in [0.15, 0.2) is 0 Å². The molecule has 1 amide bonds. The Morgan fingerprint density at radius 3 is 2.40 bits per heavy atom. The smallest absolute Gasteiger partial charge is 0.344 e. The van der Waals surface area contributed by atoms with Crippen molar-refractivity contribution in [3.05, 3.63) is 58.4 Å². The number of nitrogens with zero attached hydrogens (tertiary/aromatic N) is 1. The summed E-state index contributed by atoms with van der Waals surface area (Å²) in [6.45, 7) is 0. The first kappa shape index (κ1) is 12.4. The second-order valence-corrected chi connectivity index (χ2v) is 4.85. The summed E-state index contributed by atoms with van der Waals surface area (Å²) in [4.78, 5) is 25.4. The summed E-state index contributed by atoms with van der Waals surface area (Å²) in [5.74, 6) is -0.122. The van der Waals surface area contributed by atoms with Crippen LogP contribution in [0.3, 0.4) is 0 Å². The third-order valence-corrected chi connectivity index (χ3v) is 3.27. The number of carbonyl (C=O) groups is 1. The van der Waals surface area contributed by atoms with Gasteiger partial charge in [-0.3, -0.25) is 4.79 Å². The minimum absolute atomic E-state index is 0.122. The van der Waals surface area contributed by atoms with Gasteiger partial charge < -0.3 is 9.32 Å². The number of fused-ring (bicyclic) bond motifs is 3. The van der Waals surface area contributed by atoms with Crippen LogP contribution in [0, 0.1) is 0 Å². The minimum Gasteiger partial charge on any atom is -0.422 e. The first-order valence-corrected chi connectivity index (χ1v) is 6.25. The molecule has 0 unspecified atom stereocenters. The molecule has 20 heavy (non-hydrogen) atoms. The number of carbonyl (C=O) groups excluding carboxylic acids is 1. The van der Waals surface area contributed by atoms with Gasteiger partial charge in [0, 0.05) is 25.0 Å². The van der Waals surface area contributed by atoms with E-state index in [1.54, 1.807) is 38.4 Å². The van der Waals surface area contributed by atoms with E-state index in [2.05, 4.69) is 0 Å². The average molecular weight is 267 g/mol. The zero-order chi connectivity index (χ0) is 14.3. The van der Waals surface area contributed by atoms with Crippen LogP contribution in [0.1, 0.15) is 10.4 Å². The van der Waals surface area contributed by atoms with E-state index in [0.717, 1.165) is 10.8 Å². The fraction of sp³-hybridized carbons (Fsp3) is 0.125. The quantitative estimate of drug-likeness (QED) is 0.503. The van der Waals surface area contributed by atoms with Crippen LogP contribution in [-0.2, 0) is 0 Å². The molecule has 3 aromatic rings. The standard InChI is InChI=1S/C16H13NO3/c1-17(2)15(18)10-7-8-12-11-5-3-4-6-13(11)16(19)20-14(12)9-10/h3-9H,1-2H3. The van der Waals surface area contributed by atoms with E-state index < -0.39 is 0 Å². The lowest BCUT2D eigenvalue weighted by molar-refractivity contribution is 0.0827. The van der Waals surface area contributed by atoms with Gasteiger partial charge in [0.05, 0.1) is 5.39 Å². The van der Waals surface area contributed by atoms with E-state index >= 15 is 0 Å². The van der Waals surface area contributed by atoms with Crippen LogP contribution in [0.15, 0.2) is 51.7 Å². The zero-order valence-electron chi connectivity index (χ0n) is 11.2. The maximum Gasteiger partial charge on any atom is 0.344 e. The average Bonchev–Trinajstić information content (AvgIpc) is 2.46.